The van der Waals surface area contributed by atoms with E-state index in [-0.39, 0.29) is 6.10 Å². The molecule has 3 heteroatoms. The van der Waals surface area contributed by atoms with Gasteiger partial charge in [0.2, 0.25) is 0 Å². The molecule has 1 aliphatic heterocycles. The van der Waals surface area contributed by atoms with Crippen molar-refractivity contribution in [1.29, 1.82) is 0 Å². The molecule has 1 atom stereocenters. The molecule has 0 amide bonds. The van der Waals surface area contributed by atoms with E-state index in [1.807, 2.05) is 0 Å². The second-order valence-corrected chi connectivity index (χ2v) is 6.72. The van der Waals surface area contributed by atoms with Crippen molar-refractivity contribution in [2.45, 2.75) is 44.9 Å². The number of aliphatic hydroxyl groups is 1. The van der Waals surface area contributed by atoms with Crippen molar-refractivity contribution in [3.05, 3.63) is 65.7 Å². The minimum absolute atomic E-state index is 0.106. The highest BCUT2D eigenvalue weighted by molar-refractivity contribution is 5.48. The van der Waals surface area contributed by atoms with Crippen LogP contribution in [-0.2, 0) is 6.54 Å². The number of piperidine rings is 1. The third-order valence-electron chi connectivity index (χ3n) is 4.84. The molecule has 1 saturated heterocycles. The van der Waals surface area contributed by atoms with Gasteiger partial charge >= 0.3 is 0 Å². The Morgan fingerprint density at radius 2 is 1.83 bits per heavy atom. The third-order valence-corrected chi connectivity index (χ3v) is 4.84. The molecule has 3 nitrogen and oxygen atoms in total. The van der Waals surface area contributed by atoms with Crippen LogP contribution in [-0.4, -0.2) is 29.2 Å². The van der Waals surface area contributed by atoms with Crippen LogP contribution < -0.4 is 5.32 Å². The maximum atomic E-state index is 9.63. The summed E-state index contributed by atoms with van der Waals surface area (Å²) in [5.74, 6) is 0. The maximum absolute atomic E-state index is 9.63. The van der Waals surface area contributed by atoms with Crippen LogP contribution in [0.25, 0.3) is 0 Å². The van der Waals surface area contributed by atoms with Crippen molar-refractivity contribution in [2.24, 2.45) is 0 Å². The van der Waals surface area contributed by atoms with Crippen LogP contribution in [0.4, 0.5) is 5.69 Å². The van der Waals surface area contributed by atoms with Crippen LogP contribution in [0.2, 0.25) is 0 Å². The van der Waals surface area contributed by atoms with Crippen LogP contribution in [0, 0.1) is 0 Å². The molecule has 0 aliphatic carbocycles. The van der Waals surface area contributed by atoms with E-state index in [4.69, 9.17) is 0 Å². The number of rotatable bonds is 6. The smallest absolute Gasteiger partial charge is 0.0564 e. The number of nitrogens with one attached hydrogen (secondary N) is 1. The highest BCUT2D eigenvalue weighted by Gasteiger charge is 2.17. The van der Waals surface area contributed by atoms with Gasteiger partial charge in [0.25, 0.3) is 0 Å². The number of aliphatic hydroxyl groups excluding tert-OH is 1. The lowest BCUT2D eigenvalue weighted by molar-refractivity contribution is 0.0792. The molecular weight excluding hydrogens is 296 g/mol. The van der Waals surface area contributed by atoms with Gasteiger partial charge < -0.3 is 10.4 Å². The number of anilines is 1. The molecule has 1 fully saturated rings. The van der Waals surface area contributed by atoms with Gasteiger partial charge in [0.1, 0.15) is 0 Å². The van der Waals surface area contributed by atoms with Gasteiger partial charge in [-0.15, -0.1) is 0 Å². The molecule has 1 heterocycles. The van der Waals surface area contributed by atoms with Gasteiger partial charge in [-0.3, -0.25) is 4.90 Å². The molecule has 0 bridgehead atoms. The predicted molar refractivity (Wildman–Crippen MR) is 100 cm³/mol. The molecule has 128 valence electrons. The van der Waals surface area contributed by atoms with Crippen molar-refractivity contribution < 1.29 is 5.11 Å². The molecule has 2 aromatic carbocycles. The van der Waals surface area contributed by atoms with Crippen molar-refractivity contribution in [3.63, 3.8) is 0 Å². The summed E-state index contributed by atoms with van der Waals surface area (Å²) in [6.45, 7) is 5.15. The highest BCUT2D eigenvalue weighted by atomic mass is 16.3. The quantitative estimate of drug-likeness (QED) is 0.835. The molecule has 3 rings (SSSR count). The number of benzene rings is 2. The minimum atomic E-state index is -0.106. The summed E-state index contributed by atoms with van der Waals surface area (Å²) >= 11 is 0. The largest absolute Gasteiger partial charge is 0.393 e. The molecular formula is C21H28N2O. The van der Waals surface area contributed by atoms with Gasteiger partial charge in [-0.25, -0.2) is 0 Å². The fourth-order valence-electron chi connectivity index (χ4n) is 3.40. The van der Waals surface area contributed by atoms with Crippen molar-refractivity contribution in [1.82, 2.24) is 4.90 Å². The van der Waals surface area contributed by atoms with Gasteiger partial charge in [-0.1, -0.05) is 49.4 Å². The van der Waals surface area contributed by atoms with E-state index >= 15 is 0 Å². The monoisotopic (exact) mass is 324 g/mol. The number of hydrogen-bond donors (Lipinski definition) is 2. The van der Waals surface area contributed by atoms with Gasteiger partial charge in [-0.05, 0) is 42.5 Å². The summed E-state index contributed by atoms with van der Waals surface area (Å²) in [6, 6.07) is 19.7. The summed E-state index contributed by atoms with van der Waals surface area (Å²) in [5, 5.41) is 13.3. The average Bonchev–Trinajstić information content (AvgIpc) is 2.63. The Labute approximate surface area is 145 Å². The van der Waals surface area contributed by atoms with E-state index in [0.29, 0.717) is 6.04 Å². The normalized spacial score (nSPS) is 17.6. The highest BCUT2D eigenvalue weighted by Crippen LogP contribution is 2.23. The summed E-state index contributed by atoms with van der Waals surface area (Å²) in [7, 11) is 0. The first kappa shape index (κ1) is 17.0. The van der Waals surface area contributed by atoms with Crippen molar-refractivity contribution in [3.8, 4) is 0 Å². The SMILES string of the molecule is CC[C@H](Nc1cccc(CN2CCC(O)CC2)c1)c1ccccc1. The second-order valence-electron chi connectivity index (χ2n) is 6.72. The lowest BCUT2D eigenvalue weighted by Crippen LogP contribution is -2.35. The summed E-state index contributed by atoms with van der Waals surface area (Å²) < 4.78 is 0. The van der Waals surface area contributed by atoms with Crippen LogP contribution in [0.1, 0.15) is 43.4 Å². The molecule has 2 N–H and O–H groups in total. The lowest BCUT2D eigenvalue weighted by atomic mass is 10.0. The first-order chi connectivity index (χ1) is 11.7. The Morgan fingerprint density at radius 3 is 2.54 bits per heavy atom. The molecule has 0 saturated carbocycles. The van der Waals surface area contributed by atoms with Crippen LogP contribution >= 0.6 is 0 Å². The zero-order valence-electron chi connectivity index (χ0n) is 14.5. The molecule has 0 unspecified atom stereocenters. The van der Waals surface area contributed by atoms with Crippen LogP contribution in [0.15, 0.2) is 54.6 Å². The first-order valence-corrected chi connectivity index (χ1v) is 9.05. The van der Waals surface area contributed by atoms with Crippen LogP contribution in [0.5, 0.6) is 0 Å². The Balaban J connectivity index is 1.64. The van der Waals surface area contributed by atoms with Crippen LogP contribution in [0.3, 0.4) is 0 Å². The Bertz CT molecular complexity index is 621. The van der Waals surface area contributed by atoms with Gasteiger partial charge in [-0.2, -0.15) is 0 Å². The third kappa shape index (κ3) is 4.59. The van der Waals surface area contributed by atoms with Crippen molar-refractivity contribution in [2.75, 3.05) is 18.4 Å². The van der Waals surface area contributed by atoms with E-state index in [0.717, 1.165) is 38.9 Å². The Hall–Kier alpha value is -1.84. The zero-order chi connectivity index (χ0) is 16.8. The summed E-state index contributed by atoms with van der Waals surface area (Å²) in [6.07, 6.45) is 2.73. The number of nitrogens with zero attached hydrogens (tertiary/aromatic N) is 1. The van der Waals surface area contributed by atoms with Gasteiger partial charge in [0.05, 0.1) is 12.1 Å². The summed E-state index contributed by atoms with van der Waals surface area (Å²) in [4.78, 5) is 2.43. The first-order valence-electron chi connectivity index (χ1n) is 9.05. The molecule has 0 radical (unpaired) electrons. The number of likely N-dealkylation sites (tertiary alicyclic amines) is 1. The molecule has 1 aliphatic rings. The lowest BCUT2D eigenvalue weighted by Gasteiger charge is -2.29. The van der Waals surface area contributed by atoms with Gasteiger partial charge in [0, 0.05) is 25.3 Å². The topological polar surface area (TPSA) is 35.5 Å². The van der Waals surface area contributed by atoms with E-state index in [9.17, 15) is 5.11 Å². The standard InChI is InChI=1S/C21H28N2O/c1-2-21(18-8-4-3-5-9-18)22-19-10-6-7-17(15-19)16-23-13-11-20(24)12-14-23/h3-10,15,20-22,24H,2,11-14,16H2,1H3/t21-/m0/s1. The molecule has 0 aromatic heterocycles. The second kappa shape index (κ2) is 8.32. The van der Waals surface area contributed by atoms with E-state index < -0.39 is 0 Å². The molecule has 24 heavy (non-hydrogen) atoms. The van der Waals surface area contributed by atoms with E-state index in [2.05, 4.69) is 71.7 Å². The predicted octanol–water partition coefficient (Wildman–Crippen LogP) is 4.21. The fourth-order valence-corrected chi connectivity index (χ4v) is 3.40. The van der Waals surface area contributed by atoms with Crippen molar-refractivity contribution >= 4 is 5.69 Å². The summed E-state index contributed by atoms with van der Waals surface area (Å²) in [5.41, 5.74) is 3.84. The van der Waals surface area contributed by atoms with Gasteiger partial charge in [0.15, 0.2) is 0 Å². The fraction of sp³-hybridized carbons (Fsp3) is 0.429. The molecule has 0 spiro atoms. The number of hydrogen-bond acceptors (Lipinski definition) is 3. The average molecular weight is 324 g/mol. The van der Waals surface area contributed by atoms with E-state index in [1.54, 1.807) is 0 Å². The zero-order valence-corrected chi connectivity index (χ0v) is 14.5. The van der Waals surface area contributed by atoms with E-state index in [1.165, 1.54) is 16.8 Å². The molecule has 2 aromatic rings. The Kier molecular flexibility index (Phi) is 5.89. The Morgan fingerprint density at radius 1 is 1.08 bits per heavy atom. The minimum Gasteiger partial charge on any atom is -0.393 e. The maximum Gasteiger partial charge on any atom is 0.0564 e.